The Morgan fingerprint density at radius 2 is 1.40 bits per heavy atom. The number of halogens is 3. The van der Waals surface area contributed by atoms with Crippen LogP contribution in [0.15, 0.2) is 72.8 Å². The number of urea groups is 1. The second-order valence-corrected chi connectivity index (χ2v) is 13.1. The molecule has 0 bridgehead atoms. The van der Waals surface area contributed by atoms with E-state index in [0.717, 1.165) is 42.6 Å². The molecule has 43 heavy (non-hydrogen) atoms. The Morgan fingerprint density at radius 1 is 0.744 bits per heavy atom. The fourth-order valence-electron chi connectivity index (χ4n) is 7.75. The molecule has 1 aliphatic carbocycles. The normalized spacial score (nSPS) is 27.3. The molecule has 4 aliphatic rings. The van der Waals surface area contributed by atoms with Crippen LogP contribution in [0.4, 0.5) is 10.5 Å². The number of rotatable bonds is 5. The molecule has 0 spiro atoms. The maximum absolute atomic E-state index is 14.9. The summed E-state index contributed by atoms with van der Waals surface area (Å²) < 4.78 is 0. The monoisotopic (exact) mass is 635 g/mol. The van der Waals surface area contributed by atoms with Crippen LogP contribution in [0.3, 0.4) is 0 Å². The Kier molecular flexibility index (Phi) is 7.03. The van der Waals surface area contributed by atoms with Crippen molar-refractivity contribution in [2.24, 2.45) is 11.8 Å². The number of anilines is 1. The van der Waals surface area contributed by atoms with Gasteiger partial charge in [0.25, 0.3) is 5.91 Å². The van der Waals surface area contributed by atoms with Crippen LogP contribution in [0.25, 0.3) is 0 Å². The number of amides is 5. The molecule has 7 nitrogen and oxygen atoms in total. The first kappa shape index (κ1) is 28.4. The van der Waals surface area contributed by atoms with E-state index >= 15 is 0 Å². The van der Waals surface area contributed by atoms with Crippen molar-refractivity contribution in [1.82, 2.24) is 9.80 Å². The van der Waals surface area contributed by atoms with Gasteiger partial charge in [0.2, 0.25) is 11.8 Å². The summed E-state index contributed by atoms with van der Waals surface area (Å²) >= 11 is 18.7. The highest BCUT2D eigenvalue weighted by Gasteiger charge is 2.77. The molecule has 0 N–H and O–H groups in total. The van der Waals surface area contributed by atoms with E-state index in [1.165, 1.54) is 9.80 Å². The van der Waals surface area contributed by atoms with E-state index in [-0.39, 0.29) is 24.3 Å². The van der Waals surface area contributed by atoms with Gasteiger partial charge in [-0.1, -0.05) is 84.4 Å². The van der Waals surface area contributed by atoms with Gasteiger partial charge in [-0.2, -0.15) is 0 Å². The van der Waals surface area contributed by atoms with Gasteiger partial charge in [0.15, 0.2) is 0 Å². The Bertz CT molecular complexity index is 1640. The molecule has 3 aromatic rings. The second-order valence-electron chi connectivity index (χ2n) is 11.8. The first-order valence-electron chi connectivity index (χ1n) is 14.5. The minimum absolute atomic E-state index is 0.0363. The highest BCUT2D eigenvalue weighted by molar-refractivity contribution is 6.32. The zero-order valence-corrected chi connectivity index (χ0v) is 25.4. The number of carbonyl (C=O) groups is 4. The highest BCUT2D eigenvalue weighted by atomic mass is 35.5. The molecular formula is C33H28Cl3N3O4. The lowest BCUT2D eigenvalue weighted by molar-refractivity contribution is -0.147. The number of carbonyl (C=O) groups excluding carboxylic acids is 4. The van der Waals surface area contributed by atoms with Crippen LogP contribution in [0, 0.1) is 11.8 Å². The summed E-state index contributed by atoms with van der Waals surface area (Å²) in [6, 6.07) is 18.8. The Hall–Kier alpha value is -3.39. The second kappa shape index (κ2) is 10.7. The number of benzene rings is 3. The van der Waals surface area contributed by atoms with Crippen molar-refractivity contribution >= 4 is 64.2 Å². The molecule has 5 amide bonds. The quantitative estimate of drug-likeness (QED) is 0.221. The van der Waals surface area contributed by atoms with Crippen LogP contribution in [0.2, 0.25) is 15.1 Å². The third kappa shape index (κ3) is 4.31. The average Bonchev–Trinajstić information content (AvgIpc) is 3.52. The predicted molar refractivity (Wildman–Crippen MR) is 164 cm³/mol. The van der Waals surface area contributed by atoms with E-state index < -0.39 is 35.4 Å². The van der Waals surface area contributed by atoms with Gasteiger partial charge in [0, 0.05) is 27.5 Å². The summed E-state index contributed by atoms with van der Waals surface area (Å²) in [7, 11) is 0. The largest absolute Gasteiger partial charge is 0.332 e. The number of hydrogen-bond acceptors (Lipinski definition) is 4. The number of imide groups is 2. The number of likely N-dealkylation sites (tertiary alicyclic amines) is 1. The van der Waals surface area contributed by atoms with Crippen LogP contribution in [0.5, 0.6) is 0 Å². The molecule has 0 aromatic heterocycles. The molecule has 220 valence electrons. The molecule has 3 aliphatic heterocycles. The van der Waals surface area contributed by atoms with Crippen molar-refractivity contribution in [1.29, 1.82) is 0 Å². The molecule has 3 saturated heterocycles. The third-order valence-electron chi connectivity index (χ3n) is 9.52. The summed E-state index contributed by atoms with van der Waals surface area (Å²) in [4.78, 5) is 62.5. The average molecular weight is 637 g/mol. The summed E-state index contributed by atoms with van der Waals surface area (Å²) in [6.07, 6.45) is 4.42. The zero-order valence-electron chi connectivity index (χ0n) is 23.1. The predicted octanol–water partition coefficient (Wildman–Crippen LogP) is 7.09. The number of nitrogens with zero attached hydrogens (tertiary/aromatic N) is 3. The first-order chi connectivity index (χ1) is 20.7. The van der Waals surface area contributed by atoms with Gasteiger partial charge in [-0.25, -0.2) is 9.69 Å². The van der Waals surface area contributed by atoms with Gasteiger partial charge < -0.3 is 4.90 Å². The van der Waals surface area contributed by atoms with Crippen LogP contribution in [-0.4, -0.2) is 45.1 Å². The Morgan fingerprint density at radius 3 is 2.05 bits per heavy atom. The first-order valence-corrected chi connectivity index (χ1v) is 15.7. The van der Waals surface area contributed by atoms with Crippen molar-refractivity contribution in [3.63, 3.8) is 0 Å². The summed E-state index contributed by atoms with van der Waals surface area (Å²) in [5, 5.41) is 1.37. The van der Waals surface area contributed by atoms with Gasteiger partial charge in [-0.15, -0.1) is 0 Å². The van der Waals surface area contributed by atoms with Crippen LogP contribution in [-0.2, 0) is 20.8 Å². The van der Waals surface area contributed by atoms with E-state index in [1.807, 2.05) is 0 Å². The zero-order chi connectivity index (χ0) is 30.0. The van der Waals surface area contributed by atoms with E-state index in [9.17, 15) is 19.2 Å². The molecule has 3 heterocycles. The molecule has 0 radical (unpaired) electrons. The van der Waals surface area contributed by atoms with Crippen molar-refractivity contribution in [3.05, 3.63) is 99.0 Å². The van der Waals surface area contributed by atoms with E-state index in [2.05, 4.69) is 0 Å². The lowest BCUT2D eigenvalue weighted by Gasteiger charge is -2.37. The van der Waals surface area contributed by atoms with Gasteiger partial charge >= 0.3 is 6.03 Å². The van der Waals surface area contributed by atoms with Crippen LogP contribution < -0.4 is 4.90 Å². The van der Waals surface area contributed by atoms with Gasteiger partial charge in [-0.05, 0) is 66.4 Å². The Labute approximate surface area is 264 Å². The van der Waals surface area contributed by atoms with E-state index in [0.29, 0.717) is 26.3 Å². The molecule has 10 heteroatoms. The fourth-order valence-corrected chi connectivity index (χ4v) is 8.19. The SMILES string of the molecule is O=C1[C@H]2[C@@H](c3ccc(Cl)cc3)N3C(=O)N(c4cccc(Cl)c4)C(=O)[C@@]3(Cc3ccc(Cl)cc3)[C@H]2C(=O)N1C1CCCCC1. The number of fused-ring (bicyclic) bond motifs is 3. The Balaban J connectivity index is 1.45. The van der Waals surface area contributed by atoms with Gasteiger partial charge in [0.1, 0.15) is 5.54 Å². The minimum atomic E-state index is -1.65. The standard InChI is InChI=1S/C33H28Cl3N3O4/c34-21-13-9-19(10-14-21)18-33-27-26(29(40)37(30(27)41)24-6-2-1-3-7-24)28(20-11-15-22(35)16-12-20)39(33)32(43)38(31(33)42)25-8-4-5-23(36)17-25/h4-5,8-17,24,26-28H,1-3,6-7,18H2/t26-,27-,28-,33-/m1/s1. The lowest BCUT2D eigenvalue weighted by atomic mass is 9.75. The maximum atomic E-state index is 14.9. The third-order valence-corrected chi connectivity index (χ3v) is 10.3. The van der Waals surface area contributed by atoms with E-state index in [4.69, 9.17) is 34.8 Å². The van der Waals surface area contributed by atoms with Gasteiger partial charge in [0.05, 0.1) is 23.6 Å². The lowest BCUT2D eigenvalue weighted by Crippen LogP contribution is -2.56. The van der Waals surface area contributed by atoms with Gasteiger partial charge in [-0.3, -0.25) is 19.3 Å². The summed E-state index contributed by atoms with van der Waals surface area (Å²) in [6.45, 7) is 0. The topological polar surface area (TPSA) is 78.0 Å². The smallest absolute Gasteiger partial charge is 0.300 e. The molecular weight excluding hydrogens is 609 g/mol. The van der Waals surface area contributed by atoms with Crippen molar-refractivity contribution < 1.29 is 19.2 Å². The van der Waals surface area contributed by atoms with Crippen molar-refractivity contribution in [2.75, 3.05) is 4.90 Å². The van der Waals surface area contributed by atoms with Crippen LogP contribution in [0.1, 0.15) is 49.3 Å². The summed E-state index contributed by atoms with van der Waals surface area (Å²) in [5.74, 6) is -3.24. The highest BCUT2D eigenvalue weighted by Crippen LogP contribution is 2.60. The molecule has 4 atom stereocenters. The maximum Gasteiger partial charge on any atom is 0.332 e. The molecule has 7 rings (SSSR count). The van der Waals surface area contributed by atoms with E-state index in [1.54, 1.807) is 72.8 Å². The molecule has 4 fully saturated rings. The fraction of sp³-hybridized carbons (Fsp3) is 0.333. The summed E-state index contributed by atoms with van der Waals surface area (Å²) in [5.41, 5.74) is 0.00595. The number of hydrogen-bond donors (Lipinski definition) is 0. The molecule has 1 saturated carbocycles. The van der Waals surface area contributed by atoms with Crippen molar-refractivity contribution in [3.8, 4) is 0 Å². The molecule has 0 unspecified atom stereocenters. The molecule has 3 aromatic carbocycles. The minimum Gasteiger partial charge on any atom is -0.300 e. The van der Waals surface area contributed by atoms with Crippen LogP contribution >= 0.6 is 34.8 Å². The van der Waals surface area contributed by atoms with Crippen molar-refractivity contribution in [2.45, 2.75) is 56.1 Å².